The van der Waals surface area contributed by atoms with Gasteiger partial charge in [-0.05, 0) is 28.8 Å². The maximum atomic E-state index is 12.8. The van der Waals surface area contributed by atoms with Crippen molar-refractivity contribution in [2.75, 3.05) is 26.2 Å². The zero-order valence-corrected chi connectivity index (χ0v) is 16.6. The fourth-order valence-electron chi connectivity index (χ4n) is 3.62. The van der Waals surface area contributed by atoms with Crippen LogP contribution < -0.4 is 0 Å². The Morgan fingerprint density at radius 2 is 1.60 bits per heavy atom. The summed E-state index contributed by atoms with van der Waals surface area (Å²) in [5, 5.41) is 0. The first-order chi connectivity index (χ1) is 14.1. The minimum Gasteiger partial charge on any atom is -0.334 e. The Balaban J connectivity index is 1.39. The lowest BCUT2D eigenvalue weighted by Gasteiger charge is -2.23. The topological polar surface area (TPSA) is 70.6 Å². The van der Waals surface area contributed by atoms with Gasteiger partial charge in [-0.2, -0.15) is 17.5 Å². The van der Waals surface area contributed by atoms with E-state index in [1.165, 1.54) is 4.31 Å². The molecule has 1 aromatic heterocycles. The molecule has 0 saturated heterocycles. The minimum absolute atomic E-state index is 0.0306. The molecule has 0 N–H and O–H groups in total. The van der Waals surface area contributed by atoms with Crippen molar-refractivity contribution in [2.24, 2.45) is 0 Å². The monoisotopic (exact) mass is 437 g/mol. The largest absolute Gasteiger partial charge is 0.433 e. The Labute approximate surface area is 171 Å². The highest BCUT2D eigenvalue weighted by Gasteiger charge is 2.38. The third kappa shape index (κ3) is 3.97. The second-order valence-corrected chi connectivity index (χ2v) is 9.21. The van der Waals surface area contributed by atoms with Crippen LogP contribution in [0.5, 0.6) is 0 Å². The van der Waals surface area contributed by atoms with Gasteiger partial charge in [0, 0.05) is 32.4 Å². The van der Waals surface area contributed by atoms with Crippen molar-refractivity contribution in [3.05, 3.63) is 71.1 Å². The molecule has 1 aromatic carbocycles. The van der Waals surface area contributed by atoms with Gasteiger partial charge in [-0.25, -0.2) is 8.42 Å². The summed E-state index contributed by atoms with van der Waals surface area (Å²) >= 11 is 0. The van der Waals surface area contributed by atoms with Gasteiger partial charge in [0.05, 0.1) is 6.42 Å². The fourth-order valence-corrected chi connectivity index (χ4v) is 5.00. The molecule has 0 saturated carbocycles. The highest BCUT2D eigenvalue weighted by atomic mass is 32.2. The molecular formula is C20H18F3N3O3S. The zero-order chi connectivity index (χ0) is 21.5. The van der Waals surface area contributed by atoms with Crippen LogP contribution in [-0.4, -0.2) is 54.7 Å². The average molecular weight is 437 g/mol. The van der Waals surface area contributed by atoms with E-state index in [4.69, 9.17) is 0 Å². The highest BCUT2D eigenvalue weighted by Crippen LogP contribution is 2.31. The number of carbonyl (C=O) groups is 1. The fraction of sp³-hybridized carbons (Fsp3) is 0.300. The lowest BCUT2D eigenvalue weighted by atomic mass is 10.1. The number of carbonyl (C=O) groups excluding carboxylic acids is 1. The standard InChI is InChI=1S/C20H18F3N3O3S/c21-20(22,23)18-7-6-17(9-24-18)30(28,29)26-12-15-10-25(11-16(15)13-26)19(27)8-14-4-2-1-3-5-14/h1-7,9H,8,10-13H2. The maximum Gasteiger partial charge on any atom is 0.433 e. The predicted molar refractivity (Wildman–Crippen MR) is 102 cm³/mol. The van der Waals surface area contributed by atoms with Crippen molar-refractivity contribution in [3.63, 3.8) is 0 Å². The number of nitrogens with zero attached hydrogens (tertiary/aromatic N) is 3. The van der Waals surface area contributed by atoms with Crippen LogP contribution in [0.3, 0.4) is 0 Å². The van der Waals surface area contributed by atoms with Crippen LogP contribution >= 0.6 is 0 Å². The van der Waals surface area contributed by atoms with Gasteiger partial charge < -0.3 is 4.90 Å². The molecule has 2 aliphatic rings. The minimum atomic E-state index is -4.63. The van der Waals surface area contributed by atoms with Crippen LogP contribution in [0.1, 0.15) is 11.3 Å². The molecule has 0 radical (unpaired) electrons. The number of alkyl halides is 3. The molecule has 2 aliphatic heterocycles. The van der Waals surface area contributed by atoms with Crippen molar-refractivity contribution >= 4 is 15.9 Å². The molecule has 1 amide bonds. The first-order valence-corrected chi connectivity index (χ1v) is 10.6. The van der Waals surface area contributed by atoms with E-state index in [1.807, 2.05) is 30.3 Å². The van der Waals surface area contributed by atoms with E-state index in [1.54, 1.807) is 4.90 Å². The number of amides is 1. The molecule has 0 bridgehead atoms. The third-order valence-electron chi connectivity index (χ3n) is 5.21. The molecule has 0 aliphatic carbocycles. The molecule has 10 heteroatoms. The first kappa shape index (κ1) is 20.5. The van der Waals surface area contributed by atoms with Gasteiger partial charge in [-0.3, -0.25) is 9.78 Å². The molecule has 6 nitrogen and oxygen atoms in total. The van der Waals surface area contributed by atoms with E-state index in [0.717, 1.165) is 29.0 Å². The summed E-state index contributed by atoms with van der Waals surface area (Å²) in [4.78, 5) is 17.2. The number of aromatic nitrogens is 1. The molecule has 158 valence electrons. The molecule has 0 spiro atoms. The van der Waals surface area contributed by atoms with E-state index >= 15 is 0 Å². The summed E-state index contributed by atoms with van der Waals surface area (Å²) in [6.45, 7) is 0.957. The predicted octanol–water partition coefficient (Wildman–Crippen LogP) is 2.49. The van der Waals surface area contributed by atoms with Crippen LogP contribution in [0.25, 0.3) is 0 Å². The lowest BCUT2D eigenvalue weighted by molar-refractivity contribution is -0.141. The van der Waals surface area contributed by atoms with Gasteiger partial charge in [0.15, 0.2) is 0 Å². The summed E-state index contributed by atoms with van der Waals surface area (Å²) in [5.41, 5.74) is 1.49. The molecule has 3 heterocycles. The quantitative estimate of drug-likeness (QED) is 0.690. The van der Waals surface area contributed by atoms with E-state index in [9.17, 15) is 26.4 Å². The number of halogens is 3. The summed E-state index contributed by atoms with van der Waals surface area (Å²) in [7, 11) is -3.97. The Bertz CT molecular complexity index is 1080. The van der Waals surface area contributed by atoms with Crippen LogP contribution in [0.4, 0.5) is 13.2 Å². The van der Waals surface area contributed by atoms with Crippen molar-refractivity contribution in [1.29, 1.82) is 0 Å². The summed E-state index contributed by atoms with van der Waals surface area (Å²) in [6, 6.07) is 10.9. The van der Waals surface area contributed by atoms with Crippen molar-refractivity contribution in [1.82, 2.24) is 14.2 Å². The zero-order valence-electron chi connectivity index (χ0n) is 15.8. The van der Waals surface area contributed by atoms with Crippen molar-refractivity contribution < 1.29 is 26.4 Å². The Morgan fingerprint density at radius 3 is 2.13 bits per heavy atom. The van der Waals surface area contributed by atoms with E-state index < -0.39 is 21.9 Å². The van der Waals surface area contributed by atoms with E-state index in [2.05, 4.69) is 4.98 Å². The number of benzene rings is 1. The first-order valence-electron chi connectivity index (χ1n) is 9.19. The van der Waals surface area contributed by atoms with Crippen molar-refractivity contribution in [3.8, 4) is 0 Å². The highest BCUT2D eigenvalue weighted by molar-refractivity contribution is 7.89. The van der Waals surface area contributed by atoms with E-state index in [0.29, 0.717) is 19.2 Å². The Kier molecular flexibility index (Phi) is 5.15. The lowest BCUT2D eigenvalue weighted by Crippen LogP contribution is -2.37. The number of hydrogen-bond donors (Lipinski definition) is 0. The van der Waals surface area contributed by atoms with Crippen LogP contribution in [0.2, 0.25) is 0 Å². The molecule has 0 fully saturated rings. The number of rotatable bonds is 4. The van der Waals surface area contributed by atoms with Gasteiger partial charge >= 0.3 is 6.18 Å². The second-order valence-electron chi connectivity index (χ2n) is 7.27. The smallest absolute Gasteiger partial charge is 0.334 e. The number of hydrogen-bond acceptors (Lipinski definition) is 4. The summed E-state index contributed by atoms with van der Waals surface area (Å²) < 4.78 is 64.7. The van der Waals surface area contributed by atoms with Crippen LogP contribution in [0.15, 0.2) is 64.7 Å². The summed E-state index contributed by atoms with van der Waals surface area (Å²) in [5.74, 6) is -0.0306. The van der Waals surface area contributed by atoms with Gasteiger partial charge in [0.25, 0.3) is 0 Å². The molecule has 2 aromatic rings. The number of pyridine rings is 1. The molecule has 0 atom stereocenters. The average Bonchev–Trinajstić information content (AvgIpc) is 3.28. The number of sulfonamides is 1. The maximum absolute atomic E-state index is 12.8. The van der Waals surface area contributed by atoms with Gasteiger partial charge in [0.2, 0.25) is 15.9 Å². The Morgan fingerprint density at radius 1 is 0.967 bits per heavy atom. The molecular weight excluding hydrogens is 419 g/mol. The normalized spacial score (nSPS) is 17.5. The molecule has 30 heavy (non-hydrogen) atoms. The third-order valence-corrected chi connectivity index (χ3v) is 6.99. The summed E-state index contributed by atoms with van der Waals surface area (Å²) in [6.07, 6.45) is -3.62. The SMILES string of the molecule is O=C(Cc1ccccc1)N1CC2=C(C1)CN(S(=O)(=O)c1ccc(C(F)(F)F)nc1)C2. The second kappa shape index (κ2) is 7.51. The Hall–Kier alpha value is -2.72. The molecule has 0 unspecified atom stereocenters. The van der Waals surface area contributed by atoms with Crippen LogP contribution in [-0.2, 0) is 27.4 Å². The van der Waals surface area contributed by atoms with Gasteiger partial charge in [-0.15, -0.1) is 0 Å². The van der Waals surface area contributed by atoms with Gasteiger partial charge in [-0.1, -0.05) is 30.3 Å². The van der Waals surface area contributed by atoms with Crippen LogP contribution in [0, 0.1) is 0 Å². The van der Waals surface area contributed by atoms with E-state index in [-0.39, 0.29) is 30.3 Å². The van der Waals surface area contributed by atoms with Gasteiger partial charge in [0.1, 0.15) is 10.6 Å². The molecule has 4 rings (SSSR count). The van der Waals surface area contributed by atoms with Crippen molar-refractivity contribution in [2.45, 2.75) is 17.5 Å².